The third-order valence-corrected chi connectivity index (χ3v) is 4.60. The zero-order chi connectivity index (χ0) is 23.7. The number of rotatable bonds is 4. The van der Waals surface area contributed by atoms with Crippen molar-refractivity contribution in [1.29, 1.82) is 0 Å². The normalized spacial score (nSPS) is 9.10. The molecule has 11 heteroatoms. The maximum absolute atomic E-state index is 10.6. The van der Waals surface area contributed by atoms with Gasteiger partial charge in [0.2, 0.25) is 0 Å². The first-order chi connectivity index (χ1) is 14.2. The number of aldehydes is 1. The Labute approximate surface area is 194 Å². The van der Waals surface area contributed by atoms with E-state index in [0.717, 1.165) is 4.47 Å². The number of nitrogen functional groups attached to an aromatic ring is 2. The molecule has 0 radical (unpaired) electrons. The predicted molar refractivity (Wildman–Crippen MR) is 114 cm³/mol. The molecule has 0 saturated carbocycles. The van der Waals surface area contributed by atoms with Crippen molar-refractivity contribution in [2.24, 2.45) is 0 Å². The summed E-state index contributed by atoms with van der Waals surface area (Å²) in [6.07, 6.45) is 0.696. The van der Waals surface area contributed by atoms with E-state index < -0.39 is 14.8 Å². The van der Waals surface area contributed by atoms with Crippen LogP contribution < -0.4 is 20.9 Å². The minimum atomic E-state index is -1.44. The standard InChI is InChI=1S/C8H10BrNO2.C8H8BrNO2.C2H6.Mn.2O/c2*1-12-7-3-2-6(9)5(4-11)8(7)10;1-2;;;/h2-3,11H,4,10H2,1H3;2-4H,10H2,1H3;1-2H3;;;/i;;1D;;;. The van der Waals surface area contributed by atoms with Crippen LogP contribution in [0.2, 0.25) is 0 Å². The molecule has 5 N–H and O–H groups in total. The van der Waals surface area contributed by atoms with Gasteiger partial charge < -0.3 is 26.0 Å². The number of carbonyl (C=O) groups excluding carboxylic acids is 1. The Balaban J connectivity index is 0. The maximum atomic E-state index is 10.6. The molecule has 0 fully saturated rings. The molecule has 2 aromatic rings. The summed E-state index contributed by atoms with van der Waals surface area (Å²) >= 11 is 5.04. The molecule has 0 bridgehead atoms. The molecule has 0 saturated heterocycles. The number of hydrogen-bond donors (Lipinski definition) is 3. The van der Waals surface area contributed by atoms with Gasteiger partial charge in [0, 0.05) is 15.9 Å². The Hall–Kier alpha value is -1.65. The summed E-state index contributed by atoms with van der Waals surface area (Å²) in [6, 6.07) is 6.96. The molecule has 0 atom stereocenters. The summed E-state index contributed by atoms with van der Waals surface area (Å²) in [5.74, 6) is 1.10. The minimum absolute atomic E-state index is 0.0936. The Morgan fingerprint density at radius 2 is 1.48 bits per heavy atom. The molecular weight excluding hydrogens is 555 g/mol. The van der Waals surface area contributed by atoms with Crippen molar-refractivity contribution in [3.63, 3.8) is 0 Å². The summed E-state index contributed by atoms with van der Waals surface area (Å²) in [5.41, 5.74) is 13.2. The van der Waals surface area contributed by atoms with Crippen molar-refractivity contribution < 1.29 is 43.2 Å². The molecular formula is C18H24Br2MnN2O6. The first-order valence-electron chi connectivity index (χ1n) is 8.42. The molecule has 0 aliphatic rings. The number of halogens is 2. The second-order valence-corrected chi connectivity index (χ2v) is 6.46. The van der Waals surface area contributed by atoms with Crippen LogP contribution in [0, 0.1) is 0 Å². The van der Waals surface area contributed by atoms with Gasteiger partial charge in [0.15, 0.2) is 6.29 Å². The van der Waals surface area contributed by atoms with Crippen molar-refractivity contribution in [3.05, 3.63) is 44.3 Å². The second-order valence-electron chi connectivity index (χ2n) is 4.56. The van der Waals surface area contributed by atoms with Gasteiger partial charge in [-0.25, -0.2) is 0 Å². The van der Waals surface area contributed by atoms with E-state index >= 15 is 0 Å². The van der Waals surface area contributed by atoms with Crippen molar-refractivity contribution in [2.45, 2.75) is 20.4 Å². The average Bonchev–Trinajstić information content (AvgIpc) is 2.71. The van der Waals surface area contributed by atoms with E-state index in [1.165, 1.54) is 7.11 Å². The number of anilines is 2. The van der Waals surface area contributed by atoms with Crippen LogP contribution >= 0.6 is 31.9 Å². The Kier molecular flexibility index (Phi) is 16.2. The zero-order valence-corrected chi connectivity index (χ0v) is 20.4. The fourth-order valence-electron chi connectivity index (χ4n) is 1.84. The number of ether oxygens (including phenoxy) is 2. The molecule has 0 aliphatic carbocycles. The molecule has 29 heavy (non-hydrogen) atoms. The molecule has 0 aromatic heterocycles. The monoisotopic (exact) mass is 578 g/mol. The van der Waals surface area contributed by atoms with Gasteiger partial charge >= 0.3 is 22.5 Å². The third-order valence-electron chi connectivity index (χ3n) is 3.17. The van der Waals surface area contributed by atoms with Gasteiger partial charge in [-0.1, -0.05) is 29.8 Å². The van der Waals surface area contributed by atoms with E-state index in [4.69, 9.17) is 35.1 Å². The predicted octanol–water partition coefficient (Wildman–Crippen LogP) is 4.17. The van der Waals surface area contributed by atoms with Crippen LogP contribution in [0.5, 0.6) is 11.5 Å². The van der Waals surface area contributed by atoms with E-state index in [2.05, 4.69) is 31.9 Å². The van der Waals surface area contributed by atoms with Gasteiger partial charge in [-0.2, -0.15) is 0 Å². The quantitative estimate of drug-likeness (QED) is 0.278. The van der Waals surface area contributed by atoms with Gasteiger partial charge in [-0.15, -0.1) is 0 Å². The van der Waals surface area contributed by atoms with E-state index in [0.29, 0.717) is 51.7 Å². The fraction of sp³-hybridized carbons (Fsp3) is 0.278. The van der Waals surface area contributed by atoms with Crippen molar-refractivity contribution in [1.82, 2.24) is 0 Å². The number of carbonyl (C=O) groups is 1. The molecule has 2 rings (SSSR count). The zero-order valence-electron chi connectivity index (χ0n) is 17.1. The van der Waals surface area contributed by atoms with E-state index in [-0.39, 0.29) is 6.61 Å². The van der Waals surface area contributed by atoms with E-state index in [9.17, 15) is 4.79 Å². The molecule has 0 heterocycles. The van der Waals surface area contributed by atoms with E-state index in [1.807, 2.05) is 0 Å². The first kappa shape index (κ1) is 27.3. The Bertz CT molecular complexity index is 837. The SMILES string of the molecule is COc1ccc(Br)c(C=O)c1N.COc1ccc(Br)c(CO)c1N.[2H]CC.[O]=[Mn]=[O]. The summed E-state index contributed by atoms with van der Waals surface area (Å²) in [6.45, 7) is 2.20. The molecule has 8 nitrogen and oxygen atoms in total. The Morgan fingerprint density at radius 3 is 1.86 bits per heavy atom. The number of methoxy groups -OCH3 is 2. The van der Waals surface area contributed by atoms with Crippen molar-refractivity contribution >= 4 is 49.5 Å². The molecule has 0 spiro atoms. The van der Waals surface area contributed by atoms with Crippen LogP contribution in [0.15, 0.2) is 33.2 Å². The van der Waals surface area contributed by atoms with Gasteiger partial charge in [0.25, 0.3) is 0 Å². The van der Waals surface area contributed by atoms with Crippen LogP contribution in [-0.4, -0.2) is 25.6 Å². The average molecular weight is 580 g/mol. The van der Waals surface area contributed by atoms with Gasteiger partial charge in [0.1, 0.15) is 11.5 Å². The summed E-state index contributed by atoms with van der Waals surface area (Å²) in [7, 11) is 3.05. The summed E-state index contributed by atoms with van der Waals surface area (Å²) < 4.78 is 34.4. The molecule has 163 valence electrons. The van der Waals surface area contributed by atoms with Crippen molar-refractivity contribution in [3.8, 4) is 11.5 Å². The number of benzene rings is 2. The van der Waals surface area contributed by atoms with E-state index in [1.54, 1.807) is 38.3 Å². The van der Waals surface area contributed by atoms with Gasteiger partial charge in [0.05, 0.1) is 37.8 Å². The number of nitrogens with two attached hydrogens (primary N) is 2. The molecule has 0 amide bonds. The van der Waals surface area contributed by atoms with Gasteiger partial charge in [-0.05, 0) is 40.2 Å². The second kappa shape index (κ2) is 17.2. The van der Waals surface area contributed by atoms with Crippen LogP contribution in [0.25, 0.3) is 0 Å². The number of hydrogen-bond acceptors (Lipinski definition) is 8. The molecule has 0 aliphatic heterocycles. The Morgan fingerprint density at radius 1 is 1.07 bits per heavy atom. The summed E-state index contributed by atoms with van der Waals surface area (Å²) in [4.78, 5) is 10.6. The van der Waals surface area contributed by atoms with Crippen LogP contribution in [0.1, 0.15) is 31.1 Å². The van der Waals surface area contributed by atoms with Crippen LogP contribution in [0.3, 0.4) is 0 Å². The van der Waals surface area contributed by atoms with Crippen LogP contribution in [0.4, 0.5) is 11.4 Å². The number of aliphatic hydroxyl groups excluding tert-OH is 1. The molecule has 0 unspecified atom stereocenters. The third kappa shape index (κ3) is 9.60. The van der Waals surface area contributed by atoms with Gasteiger partial charge in [-0.3, -0.25) is 4.79 Å². The molecule has 2 aromatic carbocycles. The topological polar surface area (TPSA) is 142 Å². The first-order valence-corrected chi connectivity index (χ1v) is 10.3. The van der Waals surface area contributed by atoms with Crippen molar-refractivity contribution in [2.75, 3.05) is 25.7 Å². The van der Waals surface area contributed by atoms with Crippen LogP contribution in [-0.2, 0) is 29.1 Å². The fourth-order valence-corrected chi connectivity index (χ4v) is 2.75. The number of aliphatic hydroxyl groups is 1. The summed E-state index contributed by atoms with van der Waals surface area (Å²) in [5, 5.41) is 8.95.